The first-order chi connectivity index (χ1) is 8.44. The highest BCUT2D eigenvalue weighted by Gasteiger charge is 2.13. The zero-order chi connectivity index (χ0) is 13.6. The average Bonchev–Trinajstić information content (AvgIpc) is 2.29. The summed E-state index contributed by atoms with van der Waals surface area (Å²) in [6, 6.07) is 6.78. The molecule has 0 aliphatic rings. The van der Waals surface area contributed by atoms with Crippen molar-refractivity contribution in [3.8, 4) is 0 Å². The molecule has 0 amide bonds. The summed E-state index contributed by atoms with van der Waals surface area (Å²) in [6.45, 7) is 9.97. The molecule has 0 spiro atoms. The molecule has 0 aliphatic heterocycles. The summed E-state index contributed by atoms with van der Waals surface area (Å²) in [4.78, 5) is 0. The van der Waals surface area contributed by atoms with Crippen LogP contribution in [0.15, 0.2) is 41.3 Å². The Morgan fingerprint density at radius 2 is 2.06 bits per heavy atom. The van der Waals surface area contributed by atoms with Gasteiger partial charge in [-0.2, -0.15) is 0 Å². The number of halogens is 1. The molecule has 1 aromatic rings. The van der Waals surface area contributed by atoms with E-state index in [1.807, 2.05) is 12.1 Å². The Kier molecular flexibility index (Phi) is 5.60. The summed E-state index contributed by atoms with van der Waals surface area (Å²) in [6.07, 6.45) is 3.35. The molecule has 0 bridgehead atoms. The Balaban J connectivity index is 2.98. The van der Waals surface area contributed by atoms with Crippen molar-refractivity contribution in [2.45, 2.75) is 38.4 Å². The molecule has 1 aromatic carbocycles. The van der Waals surface area contributed by atoms with E-state index in [4.69, 9.17) is 0 Å². The van der Waals surface area contributed by atoms with Crippen LogP contribution < -0.4 is 0 Å². The topological polar surface area (TPSA) is 12.4 Å². The van der Waals surface area contributed by atoms with Gasteiger partial charge < -0.3 is 0 Å². The van der Waals surface area contributed by atoms with Gasteiger partial charge in [-0.3, -0.25) is 0 Å². The fourth-order valence-electron chi connectivity index (χ4n) is 1.36. The molecule has 0 unspecified atom stereocenters. The molecule has 0 atom stereocenters. The van der Waals surface area contributed by atoms with Gasteiger partial charge in [-0.1, -0.05) is 24.3 Å². The third kappa shape index (κ3) is 5.05. The van der Waals surface area contributed by atoms with Crippen LogP contribution >= 0.6 is 11.9 Å². The van der Waals surface area contributed by atoms with E-state index in [2.05, 4.69) is 31.7 Å². The Morgan fingerprint density at radius 1 is 1.39 bits per heavy atom. The van der Waals surface area contributed by atoms with Gasteiger partial charge in [0.05, 0.1) is 5.71 Å². The normalized spacial score (nSPS) is 12.6. The van der Waals surface area contributed by atoms with Gasteiger partial charge in [-0.25, -0.2) is 8.79 Å². The van der Waals surface area contributed by atoms with E-state index in [0.29, 0.717) is 12.0 Å². The third-order valence-corrected chi connectivity index (χ3v) is 3.06. The standard InChI is InChI=1S/C15H20FNS/c1-5-6-11-14(17-18-15(2,3)4)12-9-7-8-10-13(12)16/h5,7-10H,1,6,11H2,2-4H3. The van der Waals surface area contributed by atoms with Crippen molar-refractivity contribution >= 4 is 17.7 Å². The second-order valence-electron chi connectivity index (χ2n) is 5.05. The Morgan fingerprint density at radius 3 is 2.61 bits per heavy atom. The maximum atomic E-state index is 13.8. The lowest BCUT2D eigenvalue weighted by molar-refractivity contribution is 0.624. The van der Waals surface area contributed by atoms with Gasteiger partial charge >= 0.3 is 0 Å². The molecule has 0 saturated carbocycles. The van der Waals surface area contributed by atoms with Crippen molar-refractivity contribution in [2.75, 3.05) is 0 Å². The molecule has 18 heavy (non-hydrogen) atoms. The van der Waals surface area contributed by atoms with E-state index >= 15 is 0 Å². The maximum absolute atomic E-state index is 13.8. The molecule has 3 heteroatoms. The minimum atomic E-state index is -0.213. The number of allylic oxidation sites excluding steroid dienone is 1. The molecule has 0 radical (unpaired) electrons. The quantitative estimate of drug-likeness (QED) is 0.413. The van der Waals surface area contributed by atoms with Crippen LogP contribution in [0.1, 0.15) is 39.2 Å². The van der Waals surface area contributed by atoms with Gasteiger partial charge in [0.1, 0.15) is 5.82 Å². The molecule has 0 aliphatic carbocycles. The van der Waals surface area contributed by atoms with E-state index in [9.17, 15) is 4.39 Å². The summed E-state index contributed by atoms with van der Waals surface area (Å²) < 4.78 is 18.3. The van der Waals surface area contributed by atoms with Crippen LogP contribution in [0.4, 0.5) is 4.39 Å². The van der Waals surface area contributed by atoms with Crippen LogP contribution in [-0.2, 0) is 0 Å². The lowest BCUT2D eigenvalue weighted by atomic mass is 10.1. The lowest BCUT2D eigenvalue weighted by Crippen LogP contribution is -2.08. The first-order valence-corrected chi connectivity index (χ1v) is 6.82. The van der Waals surface area contributed by atoms with E-state index in [-0.39, 0.29) is 10.6 Å². The minimum absolute atomic E-state index is 0.0324. The first kappa shape index (κ1) is 15.0. The van der Waals surface area contributed by atoms with Gasteiger partial charge in [0.2, 0.25) is 0 Å². The molecule has 0 fully saturated rings. The molecule has 0 saturated heterocycles. The molecule has 98 valence electrons. The summed E-state index contributed by atoms with van der Waals surface area (Å²) in [7, 11) is 0. The summed E-state index contributed by atoms with van der Waals surface area (Å²) in [5.41, 5.74) is 1.39. The number of benzene rings is 1. The van der Waals surface area contributed by atoms with Gasteiger partial charge in [-0.15, -0.1) is 6.58 Å². The van der Waals surface area contributed by atoms with Crippen molar-refractivity contribution in [1.29, 1.82) is 0 Å². The van der Waals surface area contributed by atoms with Gasteiger partial charge in [0, 0.05) is 10.3 Å². The van der Waals surface area contributed by atoms with Crippen LogP contribution in [0, 0.1) is 5.82 Å². The van der Waals surface area contributed by atoms with Crippen LogP contribution in [0.3, 0.4) is 0 Å². The maximum Gasteiger partial charge on any atom is 0.132 e. The highest BCUT2D eigenvalue weighted by molar-refractivity contribution is 7.99. The van der Waals surface area contributed by atoms with Gasteiger partial charge in [0.15, 0.2) is 0 Å². The van der Waals surface area contributed by atoms with Crippen molar-refractivity contribution in [3.05, 3.63) is 48.3 Å². The number of nitrogens with zero attached hydrogens (tertiary/aromatic N) is 1. The van der Waals surface area contributed by atoms with Crippen LogP contribution in [0.25, 0.3) is 0 Å². The van der Waals surface area contributed by atoms with Crippen LogP contribution in [0.2, 0.25) is 0 Å². The van der Waals surface area contributed by atoms with Gasteiger partial charge in [0.25, 0.3) is 0 Å². The highest BCUT2D eigenvalue weighted by atomic mass is 32.2. The van der Waals surface area contributed by atoms with Crippen LogP contribution in [-0.4, -0.2) is 10.5 Å². The van der Waals surface area contributed by atoms with E-state index in [1.165, 1.54) is 18.0 Å². The third-order valence-electron chi connectivity index (χ3n) is 2.20. The molecule has 0 heterocycles. The summed E-state index contributed by atoms with van der Waals surface area (Å²) >= 11 is 1.48. The molecular weight excluding hydrogens is 245 g/mol. The summed E-state index contributed by atoms with van der Waals surface area (Å²) in [5.74, 6) is -0.213. The largest absolute Gasteiger partial charge is 0.220 e. The minimum Gasteiger partial charge on any atom is -0.220 e. The monoisotopic (exact) mass is 265 g/mol. The zero-order valence-electron chi connectivity index (χ0n) is 11.2. The second-order valence-corrected chi connectivity index (χ2v) is 6.64. The van der Waals surface area contributed by atoms with Crippen molar-refractivity contribution in [2.24, 2.45) is 4.40 Å². The zero-order valence-corrected chi connectivity index (χ0v) is 12.1. The van der Waals surface area contributed by atoms with Gasteiger partial charge in [-0.05, 0) is 51.6 Å². The Labute approximate surface area is 113 Å². The second kappa shape index (κ2) is 6.74. The van der Waals surface area contributed by atoms with Crippen molar-refractivity contribution in [3.63, 3.8) is 0 Å². The predicted octanol–water partition coefficient (Wildman–Crippen LogP) is 5.03. The number of hydrogen-bond donors (Lipinski definition) is 0. The highest BCUT2D eigenvalue weighted by Crippen LogP contribution is 2.26. The molecular formula is C15H20FNS. The predicted molar refractivity (Wildman–Crippen MR) is 79.7 cm³/mol. The van der Waals surface area contributed by atoms with Crippen LogP contribution in [0.5, 0.6) is 0 Å². The van der Waals surface area contributed by atoms with E-state index < -0.39 is 0 Å². The number of hydrogen-bond acceptors (Lipinski definition) is 2. The number of rotatable bonds is 5. The first-order valence-electron chi connectivity index (χ1n) is 6.05. The Bertz CT molecular complexity index is 432. The Hall–Kier alpha value is -1.09. The summed E-state index contributed by atoms with van der Waals surface area (Å²) in [5, 5.41) is 0. The fourth-order valence-corrected chi connectivity index (χ4v) is 1.93. The SMILES string of the molecule is C=CCCC(=NSC(C)(C)C)c1ccccc1F. The molecule has 1 rings (SSSR count). The average molecular weight is 265 g/mol. The van der Waals surface area contributed by atoms with E-state index in [1.54, 1.807) is 12.1 Å². The van der Waals surface area contributed by atoms with E-state index in [0.717, 1.165) is 12.1 Å². The smallest absolute Gasteiger partial charge is 0.132 e. The fraction of sp³-hybridized carbons (Fsp3) is 0.400. The molecule has 0 aromatic heterocycles. The molecule has 0 N–H and O–H groups in total. The van der Waals surface area contributed by atoms with Crippen molar-refractivity contribution < 1.29 is 4.39 Å². The molecule has 1 nitrogen and oxygen atoms in total. The lowest BCUT2D eigenvalue weighted by Gasteiger charge is -2.15. The van der Waals surface area contributed by atoms with Crippen molar-refractivity contribution in [1.82, 2.24) is 0 Å².